The van der Waals surface area contributed by atoms with Crippen LogP contribution >= 0.6 is 11.3 Å². The number of methoxy groups -OCH3 is 1. The number of carbonyl (C=O) groups excluding carboxylic acids is 1. The molecule has 10 nitrogen and oxygen atoms in total. The summed E-state index contributed by atoms with van der Waals surface area (Å²) in [6, 6.07) is 3.97. The zero-order valence-electron chi connectivity index (χ0n) is 20.0. The first-order chi connectivity index (χ1) is 17.6. The number of aryl methyl sites for hydroxylation is 1. The van der Waals surface area contributed by atoms with Gasteiger partial charge >= 0.3 is 24.3 Å². The third kappa shape index (κ3) is 11.3. The molecule has 0 aromatic carbocycles. The molecule has 1 aliphatic rings. The van der Waals surface area contributed by atoms with Crippen molar-refractivity contribution in [2.24, 2.45) is 0 Å². The zero-order valence-corrected chi connectivity index (χ0v) is 20.9. The number of carboxylic acid groups (broad SMARTS) is 2. The Balaban J connectivity index is 0.000000426. The summed E-state index contributed by atoms with van der Waals surface area (Å²) in [5.74, 6) is -4.44. The number of halogens is 6. The van der Waals surface area contributed by atoms with E-state index in [1.165, 1.54) is 0 Å². The summed E-state index contributed by atoms with van der Waals surface area (Å²) in [6.45, 7) is 5.21. The first-order valence-corrected chi connectivity index (χ1v) is 11.4. The van der Waals surface area contributed by atoms with Crippen LogP contribution in [0.3, 0.4) is 0 Å². The quantitative estimate of drug-likeness (QED) is 0.515. The Morgan fingerprint density at radius 2 is 1.66 bits per heavy atom. The van der Waals surface area contributed by atoms with Crippen LogP contribution in [0.5, 0.6) is 0 Å². The van der Waals surface area contributed by atoms with Crippen LogP contribution in [0.15, 0.2) is 23.7 Å². The van der Waals surface area contributed by atoms with Crippen molar-refractivity contribution in [3.8, 4) is 0 Å². The topological polar surface area (TPSA) is 133 Å². The summed E-state index contributed by atoms with van der Waals surface area (Å²) in [4.78, 5) is 43.4. The number of carboxylic acids is 2. The highest BCUT2D eigenvalue weighted by molar-refractivity contribution is 7.09. The van der Waals surface area contributed by atoms with Crippen LogP contribution in [0.4, 0.5) is 32.2 Å². The van der Waals surface area contributed by atoms with Gasteiger partial charge in [-0.1, -0.05) is 6.07 Å². The van der Waals surface area contributed by atoms with E-state index in [9.17, 15) is 31.1 Å². The summed E-state index contributed by atoms with van der Waals surface area (Å²) in [6.07, 6.45) is -7.95. The van der Waals surface area contributed by atoms with Crippen molar-refractivity contribution >= 4 is 35.0 Å². The molecular formula is C21H24F6N4O6S. The molecule has 2 aromatic heterocycles. The number of aliphatic carboxylic acids is 2. The number of alkyl halides is 6. The fourth-order valence-corrected chi connectivity index (χ4v) is 3.46. The second-order valence-electron chi connectivity index (χ2n) is 7.43. The van der Waals surface area contributed by atoms with E-state index in [2.05, 4.69) is 20.2 Å². The number of amides is 1. The van der Waals surface area contributed by atoms with Crippen LogP contribution in [0.25, 0.3) is 0 Å². The molecular weight excluding hydrogens is 550 g/mol. The number of fused-ring (bicyclic) bond motifs is 1. The number of carbonyl (C=O) groups is 3. The van der Waals surface area contributed by atoms with Gasteiger partial charge in [0.1, 0.15) is 5.82 Å². The number of hydrogen-bond acceptors (Lipinski definition) is 8. The van der Waals surface area contributed by atoms with Crippen LogP contribution in [0.2, 0.25) is 0 Å². The van der Waals surface area contributed by atoms with Gasteiger partial charge in [0.15, 0.2) is 0 Å². The lowest BCUT2D eigenvalue weighted by Crippen LogP contribution is -2.35. The molecule has 212 valence electrons. The minimum atomic E-state index is -5.08. The zero-order chi connectivity index (χ0) is 29.1. The van der Waals surface area contributed by atoms with E-state index in [4.69, 9.17) is 24.5 Å². The number of anilines is 1. The predicted octanol–water partition coefficient (Wildman–Crippen LogP) is 3.50. The fourth-order valence-electron chi connectivity index (χ4n) is 2.86. The van der Waals surface area contributed by atoms with Crippen LogP contribution in [-0.2, 0) is 32.2 Å². The Morgan fingerprint density at radius 1 is 1.08 bits per heavy atom. The van der Waals surface area contributed by atoms with E-state index in [-0.39, 0.29) is 5.91 Å². The lowest BCUT2D eigenvalue weighted by molar-refractivity contribution is -0.193. The third-order valence-corrected chi connectivity index (χ3v) is 5.37. The molecule has 38 heavy (non-hydrogen) atoms. The Kier molecular flexibility index (Phi) is 12.4. The molecule has 2 aromatic rings. The Bertz CT molecular complexity index is 1050. The van der Waals surface area contributed by atoms with Gasteiger partial charge in [0.2, 0.25) is 5.91 Å². The average molecular weight is 575 g/mol. The van der Waals surface area contributed by atoms with Gasteiger partial charge in [-0.3, -0.25) is 4.79 Å². The maximum Gasteiger partial charge on any atom is 0.490 e. The van der Waals surface area contributed by atoms with Crippen molar-refractivity contribution < 1.29 is 55.7 Å². The van der Waals surface area contributed by atoms with E-state index in [1.54, 1.807) is 24.6 Å². The number of nitrogens with zero attached hydrogens (tertiary/aromatic N) is 4. The van der Waals surface area contributed by atoms with Gasteiger partial charge in [-0.05, 0) is 13.0 Å². The third-order valence-electron chi connectivity index (χ3n) is 4.55. The monoisotopic (exact) mass is 574 g/mol. The lowest BCUT2D eigenvalue weighted by Gasteiger charge is -2.23. The van der Waals surface area contributed by atoms with Gasteiger partial charge < -0.3 is 24.7 Å². The van der Waals surface area contributed by atoms with Crippen molar-refractivity contribution in [1.29, 1.82) is 0 Å². The fraction of sp³-hybridized carbons (Fsp3) is 0.476. The van der Waals surface area contributed by atoms with E-state index in [0.29, 0.717) is 32.7 Å². The molecule has 0 saturated carbocycles. The van der Waals surface area contributed by atoms with E-state index < -0.39 is 24.3 Å². The number of rotatable bonds is 5. The van der Waals surface area contributed by atoms with Crippen LogP contribution in [0.1, 0.15) is 22.7 Å². The van der Waals surface area contributed by atoms with Crippen LogP contribution in [-0.4, -0.2) is 82.1 Å². The van der Waals surface area contributed by atoms with Gasteiger partial charge in [0, 0.05) is 43.9 Å². The number of aromatic nitrogens is 2. The molecule has 0 atom stereocenters. The highest BCUT2D eigenvalue weighted by atomic mass is 32.1. The normalized spacial score (nSPS) is 13.3. The average Bonchev–Trinajstić information content (AvgIpc) is 3.14. The Labute approximate surface area is 216 Å². The minimum Gasteiger partial charge on any atom is -0.475 e. The minimum absolute atomic E-state index is 0.123. The first kappa shape index (κ1) is 32.6. The largest absolute Gasteiger partial charge is 0.490 e. The van der Waals surface area contributed by atoms with E-state index in [0.717, 1.165) is 28.6 Å². The molecule has 0 unspecified atom stereocenters. The molecule has 2 N–H and O–H groups in total. The molecule has 0 saturated heterocycles. The maximum absolute atomic E-state index is 12.4. The summed E-state index contributed by atoms with van der Waals surface area (Å²) < 4.78 is 68.5. The number of hydrogen-bond donors (Lipinski definition) is 2. The van der Waals surface area contributed by atoms with Gasteiger partial charge in [-0.15, -0.1) is 11.3 Å². The maximum atomic E-state index is 12.4. The molecule has 0 spiro atoms. The summed E-state index contributed by atoms with van der Waals surface area (Å²) >= 11 is 1.66. The molecule has 1 amide bonds. The van der Waals surface area contributed by atoms with Crippen LogP contribution < -0.4 is 4.90 Å². The van der Waals surface area contributed by atoms with Gasteiger partial charge in [0.25, 0.3) is 0 Å². The summed E-state index contributed by atoms with van der Waals surface area (Å²) in [7, 11) is 1.62. The summed E-state index contributed by atoms with van der Waals surface area (Å²) in [5, 5.41) is 17.4. The number of thiazole rings is 1. The molecule has 0 radical (unpaired) electrons. The number of ether oxygens (including phenoxy) is 1. The highest BCUT2D eigenvalue weighted by Gasteiger charge is 2.38. The molecule has 0 fully saturated rings. The lowest BCUT2D eigenvalue weighted by atomic mass is 10.2. The van der Waals surface area contributed by atoms with Gasteiger partial charge in [0.05, 0.1) is 30.3 Å². The molecule has 3 rings (SSSR count). The standard InChI is InChI=1S/C17H22N4O2S.2C2HF3O2/c1-13-19-15(12-24-13)11-21-8-7-20(16(22)5-9-23-2)10-14-4-3-6-18-17(14)21;2*3-2(4,5)1(6)7/h3-4,6,12H,5,7-11H2,1-2H3;2*(H,6,7). The van der Waals surface area contributed by atoms with E-state index in [1.807, 2.05) is 24.0 Å². The van der Waals surface area contributed by atoms with Crippen molar-refractivity contribution in [1.82, 2.24) is 14.9 Å². The Morgan fingerprint density at radius 3 is 2.13 bits per heavy atom. The number of pyridine rings is 1. The van der Waals surface area contributed by atoms with Crippen molar-refractivity contribution in [3.63, 3.8) is 0 Å². The summed E-state index contributed by atoms with van der Waals surface area (Å²) in [5.41, 5.74) is 2.13. The van der Waals surface area contributed by atoms with Gasteiger partial charge in [-0.25, -0.2) is 19.6 Å². The second-order valence-corrected chi connectivity index (χ2v) is 8.49. The van der Waals surface area contributed by atoms with Crippen molar-refractivity contribution in [2.45, 2.75) is 38.8 Å². The van der Waals surface area contributed by atoms with E-state index >= 15 is 0 Å². The molecule has 0 bridgehead atoms. The molecule has 0 aliphatic carbocycles. The van der Waals surface area contributed by atoms with Crippen LogP contribution in [0, 0.1) is 6.92 Å². The van der Waals surface area contributed by atoms with Crippen molar-refractivity contribution in [2.75, 3.05) is 31.7 Å². The SMILES string of the molecule is COCCC(=O)N1CCN(Cc2csc(C)n2)c2ncccc2C1.O=C(O)C(F)(F)F.O=C(O)C(F)(F)F. The molecule has 1 aliphatic heterocycles. The first-order valence-electron chi connectivity index (χ1n) is 10.5. The Hall–Kier alpha value is -3.47. The van der Waals surface area contributed by atoms with Crippen molar-refractivity contribution in [3.05, 3.63) is 40.0 Å². The molecule has 17 heteroatoms. The predicted molar refractivity (Wildman–Crippen MR) is 121 cm³/mol. The smallest absolute Gasteiger partial charge is 0.475 e. The highest BCUT2D eigenvalue weighted by Crippen LogP contribution is 2.25. The van der Waals surface area contributed by atoms with Gasteiger partial charge in [-0.2, -0.15) is 26.3 Å². The molecule has 3 heterocycles. The second kappa shape index (κ2) is 14.5.